The van der Waals surface area contributed by atoms with Crippen LogP contribution in [0.3, 0.4) is 0 Å². The van der Waals surface area contributed by atoms with E-state index in [0.717, 1.165) is 51.3 Å². The van der Waals surface area contributed by atoms with Crippen molar-refractivity contribution in [2.45, 2.75) is 0 Å². The molecular formula is C19H17N5O. The highest BCUT2D eigenvalue weighted by atomic mass is 16.5. The van der Waals surface area contributed by atoms with Gasteiger partial charge in [0.05, 0.1) is 18.4 Å². The minimum atomic E-state index is 0.715. The molecule has 0 amide bonds. The molecule has 6 nitrogen and oxygen atoms in total. The standard InChI is InChI=1S/C19H17N5O/c1-24-4-5-25-18-7-12(2-3-17(18)24)13-6-15-16(14-9-22-23-10-14)11-21-19(15)20-8-13/h2-3,6-11H,4-5H2,1H3,(H,20,21)(H,22,23). The highest BCUT2D eigenvalue weighted by molar-refractivity contribution is 5.95. The number of aromatic amines is 2. The molecule has 1 aromatic carbocycles. The summed E-state index contributed by atoms with van der Waals surface area (Å²) in [5.74, 6) is 0.926. The molecule has 1 aliphatic rings. The Hall–Kier alpha value is -3.28. The SMILES string of the molecule is CN1CCOc2cc(-c3cnc4[nH]cc(-c5cn[nH]c5)c4c3)ccc21. The molecule has 0 atom stereocenters. The third-order valence-corrected chi connectivity index (χ3v) is 4.73. The molecular weight excluding hydrogens is 314 g/mol. The maximum Gasteiger partial charge on any atom is 0.143 e. The highest BCUT2D eigenvalue weighted by Crippen LogP contribution is 2.36. The Morgan fingerprint density at radius 2 is 2.04 bits per heavy atom. The van der Waals surface area contributed by atoms with Crippen LogP contribution in [0.2, 0.25) is 0 Å². The number of benzene rings is 1. The Bertz CT molecular complexity index is 1050. The zero-order chi connectivity index (χ0) is 16.8. The van der Waals surface area contributed by atoms with E-state index in [1.807, 2.05) is 24.8 Å². The summed E-state index contributed by atoms with van der Waals surface area (Å²) in [7, 11) is 2.09. The van der Waals surface area contributed by atoms with Gasteiger partial charge in [-0.05, 0) is 23.8 Å². The molecule has 124 valence electrons. The van der Waals surface area contributed by atoms with Crippen LogP contribution in [-0.2, 0) is 0 Å². The quantitative estimate of drug-likeness (QED) is 0.590. The van der Waals surface area contributed by atoms with Crippen LogP contribution in [0, 0.1) is 0 Å². The average Bonchev–Trinajstić information content (AvgIpc) is 3.30. The van der Waals surface area contributed by atoms with E-state index < -0.39 is 0 Å². The van der Waals surface area contributed by atoms with Crippen LogP contribution in [-0.4, -0.2) is 40.4 Å². The topological polar surface area (TPSA) is 69.8 Å². The molecule has 2 N–H and O–H groups in total. The largest absolute Gasteiger partial charge is 0.490 e. The number of hydrogen-bond acceptors (Lipinski definition) is 4. The molecule has 0 saturated heterocycles. The summed E-state index contributed by atoms with van der Waals surface area (Å²) >= 11 is 0. The summed E-state index contributed by atoms with van der Waals surface area (Å²) in [6.07, 6.45) is 7.57. The predicted octanol–water partition coefficient (Wildman–Crippen LogP) is 3.45. The molecule has 0 saturated carbocycles. The minimum absolute atomic E-state index is 0.715. The van der Waals surface area contributed by atoms with E-state index in [-0.39, 0.29) is 0 Å². The molecule has 25 heavy (non-hydrogen) atoms. The van der Waals surface area contributed by atoms with Gasteiger partial charge in [0.15, 0.2) is 0 Å². The van der Waals surface area contributed by atoms with Crippen molar-refractivity contribution in [3.8, 4) is 28.0 Å². The van der Waals surface area contributed by atoms with E-state index in [9.17, 15) is 0 Å². The summed E-state index contributed by atoms with van der Waals surface area (Å²) in [6, 6.07) is 8.49. The summed E-state index contributed by atoms with van der Waals surface area (Å²) in [5.41, 5.74) is 6.30. The lowest BCUT2D eigenvalue weighted by Gasteiger charge is -2.28. The van der Waals surface area contributed by atoms with Gasteiger partial charge in [-0.15, -0.1) is 0 Å². The fourth-order valence-corrected chi connectivity index (χ4v) is 3.34. The van der Waals surface area contributed by atoms with E-state index in [0.29, 0.717) is 6.61 Å². The van der Waals surface area contributed by atoms with Gasteiger partial charge in [0.25, 0.3) is 0 Å². The van der Waals surface area contributed by atoms with Gasteiger partial charge in [-0.2, -0.15) is 5.10 Å². The average molecular weight is 331 g/mol. The van der Waals surface area contributed by atoms with E-state index in [2.05, 4.69) is 56.4 Å². The smallest absolute Gasteiger partial charge is 0.143 e. The van der Waals surface area contributed by atoms with Crippen LogP contribution in [0.25, 0.3) is 33.3 Å². The molecule has 0 fully saturated rings. The summed E-state index contributed by atoms with van der Waals surface area (Å²) in [5, 5.41) is 7.98. The first-order chi connectivity index (χ1) is 12.3. The monoisotopic (exact) mass is 331 g/mol. The van der Waals surface area contributed by atoms with Gasteiger partial charge >= 0.3 is 0 Å². The number of nitrogens with one attached hydrogen (secondary N) is 2. The third kappa shape index (κ3) is 2.26. The van der Waals surface area contributed by atoms with Gasteiger partial charge in [0.2, 0.25) is 0 Å². The molecule has 0 spiro atoms. The first-order valence-corrected chi connectivity index (χ1v) is 8.24. The van der Waals surface area contributed by atoms with Crippen molar-refractivity contribution in [1.29, 1.82) is 0 Å². The second kappa shape index (κ2) is 5.37. The first-order valence-electron chi connectivity index (χ1n) is 8.24. The Morgan fingerprint density at radius 3 is 2.92 bits per heavy atom. The van der Waals surface area contributed by atoms with Crippen LogP contribution in [0.1, 0.15) is 0 Å². The van der Waals surface area contributed by atoms with Crippen LogP contribution in [0.5, 0.6) is 5.75 Å². The number of rotatable bonds is 2. The number of nitrogens with zero attached hydrogens (tertiary/aromatic N) is 3. The molecule has 6 heteroatoms. The van der Waals surface area contributed by atoms with E-state index >= 15 is 0 Å². The number of likely N-dealkylation sites (N-methyl/N-ethyl adjacent to an activating group) is 1. The van der Waals surface area contributed by atoms with Crippen molar-refractivity contribution in [2.75, 3.05) is 25.1 Å². The van der Waals surface area contributed by atoms with Gasteiger partial charge in [0.1, 0.15) is 18.0 Å². The molecule has 1 aliphatic heterocycles. The first kappa shape index (κ1) is 14.1. The van der Waals surface area contributed by atoms with Crippen molar-refractivity contribution in [3.63, 3.8) is 0 Å². The van der Waals surface area contributed by atoms with E-state index in [1.165, 1.54) is 0 Å². The van der Waals surface area contributed by atoms with Gasteiger partial charge in [-0.3, -0.25) is 5.10 Å². The zero-order valence-corrected chi connectivity index (χ0v) is 13.8. The number of pyridine rings is 1. The second-order valence-corrected chi connectivity index (χ2v) is 6.26. The Morgan fingerprint density at radius 1 is 1.08 bits per heavy atom. The van der Waals surface area contributed by atoms with Crippen LogP contribution < -0.4 is 9.64 Å². The molecule has 0 unspecified atom stereocenters. The van der Waals surface area contributed by atoms with E-state index in [4.69, 9.17) is 4.74 Å². The maximum atomic E-state index is 5.83. The molecule has 0 aliphatic carbocycles. The minimum Gasteiger partial charge on any atom is -0.490 e. The van der Waals surface area contributed by atoms with Gasteiger partial charge < -0.3 is 14.6 Å². The van der Waals surface area contributed by atoms with Crippen LogP contribution in [0.15, 0.2) is 49.1 Å². The lowest BCUT2D eigenvalue weighted by Crippen LogP contribution is -2.28. The van der Waals surface area contributed by atoms with Gasteiger partial charge in [-0.25, -0.2) is 4.98 Å². The number of aromatic nitrogens is 4. The summed E-state index contributed by atoms with van der Waals surface area (Å²) in [6.45, 7) is 1.63. The highest BCUT2D eigenvalue weighted by Gasteiger charge is 2.16. The third-order valence-electron chi connectivity index (χ3n) is 4.73. The van der Waals surface area contributed by atoms with Crippen molar-refractivity contribution >= 4 is 16.7 Å². The lowest BCUT2D eigenvalue weighted by atomic mass is 10.0. The molecule has 4 heterocycles. The predicted molar refractivity (Wildman–Crippen MR) is 97.9 cm³/mol. The second-order valence-electron chi connectivity index (χ2n) is 6.26. The zero-order valence-electron chi connectivity index (χ0n) is 13.8. The molecule has 0 radical (unpaired) electrons. The Labute approximate surface area is 144 Å². The molecule has 5 rings (SSSR count). The summed E-state index contributed by atoms with van der Waals surface area (Å²) in [4.78, 5) is 10.0. The van der Waals surface area contributed by atoms with Crippen molar-refractivity contribution < 1.29 is 4.74 Å². The molecule has 4 aromatic rings. The number of fused-ring (bicyclic) bond motifs is 2. The Kier molecular flexibility index (Phi) is 3.03. The lowest BCUT2D eigenvalue weighted by molar-refractivity contribution is 0.311. The van der Waals surface area contributed by atoms with E-state index in [1.54, 1.807) is 0 Å². The molecule has 3 aromatic heterocycles. The van der Waals surface area contributed by atoms with Crippen molar-refractivity contribution in [3.05, 3.63) is 49.1 Å². The van der Waals surface area contributed by atoms with Crippen LogP contribution >= 0.6 is 0 Å². The van der Waals surface area contributed by atoms with Crippen molar-refractivity contribution in [2.24, 2.45) is 0 Å². The fourth-order valence-electron chi connectivity index (χ4n) is 3.34. The number of ether oxygens (including phenoxy) is 1. The fraction of sp³-hybridized carbons (Fsp3) is 0.158. The number of H-pyrrole nitrogens is 2. The van der Waals surface area contributed by atoms with Gasteiger partial charge in [0, 0.05) is 47.7 Å². The number of hydrogen-bond donors (Lipinski definition) is 2. The Balaban J connectivity index is 1.62. The normalized spacial score (nSPS) is 13.7. The van der Waals surface area contributed by atoms with Crippen molar-refractivity contribution in [1.82, 2.24) is 20.2 Å². The maximum absolute atomic E-state index is 5.83. The van der Waals surface area contributed by atoms with Crippen LogP contribution in [0.4, 0.5) is 5.69 Å². The summed E-state index contributed by atoms with van der Waals surface area (Å²) < 4.78 is 5.83. The molecule has 0 bridgehead atoms. The number of anilines is 1. The van der Waals surface area contributed by atoms with Gasteiger partial charge in [-0.1, -0.05) is 6.07 Å².